The van der Waals surface area contributed by atoms with E-state index in [1.807, 2.05) is 6.92 Å². The summed E-state index contributed by atoms with van der Waals surface area (Å²) in [7, 11) is -1.90. The number of rotatable bonds is 8. The molecule has 1 heterocycles. The van der Waals surface area contributed by atoms with Gasteiger partial charge in [0.25, 0.3) is 0 Å². The summed E-state index contributed by atoms with van der Waals surface area (Å²) in [5.74, 6) is 0.683. The lowest BCUT2D eigenvalue weighted by molar-refractivity contribution is 0.0577. The molecular weight excluding hydrogens is 364 g/mol. The second-order valence-corrected chi connectivity index (χ2v) is 8.10. The molecule has 25 heavy (non-hydrogen) atoms. The van der Waals surface area contributed by atoms with Crippen molar-refractivity contribution in [1.82, 2.24) is 10.0 Å². The Morgan fingerprint density at radius 2 is 1.96 bits per heavy atom. The molecule has 144 valence electrons. The minimum Gasteiger partial charge on any atom is -0.494 e. The van der Waals surface area contributed by atoms with Crippen molar-refractivity contribution in [3.63, 3.8) is 0 Å². The van der Waals surface area contributed by atoms with Crippen LogP contribution in [-0.4, -0.2) is 48.4 Å². The number of nitrogens with one attached hydrogen (secondary N) is 2. The topological polar surface area (TPSA) is 76.7 Å². The molecule has 0 amide bonds. The molecule has 6 nitrogen and oxygen atoms in total. The Morgan fingerprint density at radius 1 is 1.28 bits per heavy atom. The van der Waals surface area contributed by atoms with Gasteiger partial charge in [-0.05, 0) is 63.5 Å². The van der Waals surface area contributed by atoms with E-state index in [1.165, 1.54) is 0 Å². The molecule has 0 bridgehead atoms. The average molecular weight is 393 g/mol. The summed E-state index contributed by atoms with van der Waals surface area (Å²) >= 11 is 0. The van der Waals surface area contributed by atoms with E-state index in [0.29, 0.717) is 36.0 Å². The first-order valence-electron chi connectivity index (χ1n) is 8.35. The molecule has 0 saturated carbocycles. The summed E-state index contributed by atoms with van der Waals surface area (Å²) in [6, 6.07) is 5.06. The van der Waals surface area contributed by atoms with Crippen LogP contribution in [0.4, 0.5) is 0 Å². The molecule has 1 aromatic rings. The number of ether oxygens (including phenoxy) is 2. The summed E-state index contributed by atoms with van der Waals surface area (Å²) in [4.78, 5) is 0.299. The normalized spacial score (nSPS) is 16.9. The highest BCUT2D eigenvalue weighted by atomic mass is 35.5. The first-order chi connectivity index (χ1) is 11.4. The highest BCUT2D eigenvalue weighted by Gasteiger charge is 2.33. The number of sulfonamides is 1. The van der Waals surface area contributed by atoms with Crippen molar-refractivity contribution in [1.29, 1.82) is 0 Å². The standard InChI is InChI=1S/C17H28N2O4S.ClH/c1-4-23-15-5-6-16(14(2)11-15)24(20,21)19-12-17(13-22-3)7-9-18-10-8-17;/h5-6,11,18-19H,4,7-10,12-13H2,1-3H3;1H. The van der Waals surface area contributed by atoms with Crippen molar-refractivity contribution in [3.05, 3.63) is 23.8 Å². The van der Waals surface area contributed by atoms with Gasteiger partial charge < -0.3 is 14.8 Å². The van der Waals surface area contributed by atoms with Crippen LogP contribution in [0.15, 0.2) is 23.1 Å². The maximum Gasteiger partial charge on any atom is 0.240 e. The van der Waals surface area contributed by atoms with Crippen LogP contribution in [0, 0.1) is 12.3 Å². The Bertz CT molecular complexity index is 641. The lowest BCUT2D eigenvalue weighted by Crippen LogP contribution is -2.47. The van der Waals surface area contributed by atoms with Crippen molar-refractivity contribution in [2.45, 2.75) is 31.6 Å². The molecule has 0 aliphatic carbocycles. The number of piperidine rings is 1. The fourth-order valence-corrected chi connectivity index (χ4v) is 4.52. The number of hydrogen-bond donors (Lipinski definition) is 2. The van der Waals surface area contributed by atoms with E-state index in [2.05, 4.69) is 10.0 Å². The van der Waals surface area contributed by atoms with Crippen LogP contribution in [-0.2, 0) is 14.8 Å². The summed E-state index contributed by atoms with van der Waals surface area (Å²) in [6.45, 7) is 6.94. The van der Waals surface area contributed by atoms with Gasteiger partial charge in [-0.2, -0.15) is 0 Å². The van der Waals surface area contributed by atoms with Crippen LogP contribution in [0.25, 0.3) is 0 Å². The summed E-state index contributed by atoms with van der Waals surface area (Å²) < 4.78 is 39.0. The zero-order valence-corrected chi connectivity index (χ0v) is 16.8. The number of aryl methyl sites for hydroxylation is 1. The van der Waals surface area contributed by atoms with Gasteiger partial charge in [-0.3, -0.25) is 0 Å². The first-order valence-corrected chi connectivity index (χ1v) is 9.83. The Hall–Kier alpha value is -0.860. The van der Waals surface area contributed by atoms with Gasteiger partial charge in [0.2, 0.25) is 10.0 Å². The number of benzene rings is 1. The van der Waals surface area contributed by atoms with E-state index in [-0.39, 0.29) is 17.8 Å². The van der Waals surface area contributed by atoms with Gasteiger partial charge in [0, 0.05) is 19.1 Å². The van der Waals surface area contributed by atoms with Crippen LogP contribution >= 0.6 is 12.4 Å². The van der Waals surface area contributed by atoms with Gasteiger partial charge in [-0.1, -0.05) is 0 Å². The SMILES string of the molecule is CCOc1ccc(S(=O)(=O)NCC2(COC)CCNCC2)c(C)c1.Cl. The van der Waals surface area contributed by atoms with Crippen LogP contribution in [0.2, 0.25) is 0 Å². The third-order valence-electron chi connectivity index (χ3n) is 4.50. The lowest BCUT2D eigenvalue weighted by atomic mass is 9.80. The summed E-state index contributed by atoms with van der Waals surface area (Å²) in [5.41, 5.74) is 0.534. The second kappa shape index (κ2) is 9.73. The molecule has 0 spiro atoms. The van der Waals surface area contributed by atoms with Crippen LogP contribution in [0.1, 0.15) is 25.3 Å². The Balaban J connectivity index is 0.00000312. The summed E-state index contributed by atoms with van der Waals surface area (Å²) in [5, 5.41) is 3.31. The quantitative estimate of drug-likeness (QED) is 0.708. The van der Waals surface area contributed by atoms with E-state index < -0.39 is 10.0 Å². The third-order valence-corrected chi connectivity index (χ3v) is 6.06. The molecule has 2 N–H and O–H groups in total. The van der Waals surface area contributed by atoms with Crippen molar-refractivity contribution in [3.8, 4) is 5.75 Å². The minimum atomic E-state index is -3.56. The van der Waals surface area contributed by atoms with E-state index in [9.17, 15) is 8.42 Å². The van der Waals surface area contributed by atoms with Crippen LogP contribution < -0.4 is 14.8 Å². The van der Waals surface area contributed by atoms with Gasteiger partial charge in [-0.25, -0.2) is 13.1 Å². The Kier molecular flexibility index (Phi) is 8.63. The van der Waals surface area contributed by atoms with Gasteiger partial charge in [-0.15, -0.1) is 12.4 Å². The van der Waals surface area contributed by atoms with E-state index in [4.69, 9.17) is 9.47 Å². The molecular formula is C17H29ClN2O4S. The highest BCUT2D eigenvalue weighted by molar-refractivity contribution is 7.89. The molecule has 1 aliphatic heterocycles. The van der Waals surface area contributed by atoms with Gasteiger partial charge in [0.1, 0.15) is 5.75 Å². The average Bonchev–Trinajstić information content (AvgIpc) is 2.55. The van der Waals surface area contributed by atoms with E-state index in [0.717, 1.165) is 25.9 Å². The molecule has 1 aromatic carbocycles. The maximum atomic E-state index is 12.7. The fraction of sp³-hybridized carbons (Fsp3) is 0.647. The Morgan fingerprint density at radius 3 is 2.52 bits per heavy atom. The molecule has 0 atom stereocenters. The molecule has 0 unspecified atom stereocenters. The summed E-state index contributed by atoms with van der Waals surface area (Å²) in [6.07, 6.45) is 1.79. The smallest absolute Gasteiger partial charge is 0.240 e. The van der Waals surface area contributed by atoms with Crippen molar-refractivity contribution in [2.24, 2.45) is 5.41 Å². The predicted octanol–water partition coefficient (Wildman–Crippen LogP) is 2.11. The van der Waals surface area contributed by atoms with Gasteiger partial charge >= 0.3 is 0 Å². The molecule has 0 radical (unpaired) electrons. The lowest BCUT2D eigenvalue weighted by Gasteiger charge is -2.37. The predicted molar refractivity (Wildman–Crippen MR) is 101 cm³/mol. The minimum absolute atomic E-state index is 0. The largest absolute Gasteiger partial charge is 0.494 e. The van der Waals surface area contributed by atoms with Crippen LogP contribution in [0.5, 0.6) is 5.75 Å². The molecule has 1 fully saturated rings. The fourth-order valence-electron chi connectivity index (χ4n) is 3.14. The molecule has 0 aromatic heterocycles. The zero-order chi connectivity index (χ0) is 17.6. The van der Waals surface area contributed by atoms with E-state index in [1.54, 1.807) is 32.2 Å². The highest BCUT2D eigenvalue weighted by Crippen LogP contribution is 2.29. The molecule has 1 aliphatic rings. The zero-order valence-electron chi connectivity index (χ0n) is 15.1. The van der Waals surface area contributed by atoms with E-state index >= 15 is 0 Å². The van der Waals surface area contributed by atoms with Crippen molar-refractivity contribution >= 4 is 22.4 Å². The van der Waals surface area contributed by atoms with Crippen LogP contribution in [0.3, 0.4) is 0 Å². The van der Waals surface area contributed by atoms with Crippen molar-refractivity contribution in [2.75, 3.05) is 40.0 Å². The number of methoxy groups -OCH3 is 1. The maximum absolute atomic E-state index is 12.7. The van der Waals surface area contributed by atoms with Gasteiger partial charge in [0.15, 0.2) is 0 Å². The number of halogens is 1. The number of hydrogen-bond acceptors (Lipinski definition) is 5. The van der Waals surface area contributed by atoms with Crippen molar-refractivity contribution < 1.29 is 17.9 Å². The van der Waals surface area contributed by atoms with Gasteiger partial charge in [0.05, 0.1) is 18.1 Å². The first kappa shape index (κ1) is 22.2. The molecule has 1 saturated heterocycles. The monoisotopic (exact) mass is 392 g/mol. The Labute approximate surface area is 157 Å². The second-order valence-electron chi connectivity index (χ2n) is 6.37. The third kappa shape index (κ3) is 5.82. The molecule has 8 heteroatoms. The molecule has 2 rings (SSSR count).